The Bertz CT molecular complexity index is 1400. The summed E-state index contributed by atoms with van der Waals surface area (Å²) >= 11 is 0. The lowest BCUT2D eigenvalue weighted by atomic mass is 9.67. The maximum absolute atomic E-state index is 9.52. The number of pyridine rings is 2. The van der Waals surface area contributed by atoms with E-state index in [9.17, 15) is 15.6 Å². The minimum absolute atomic E-state index is 0.0487. The first-order chi connectivity index (χ1) is 15.6. The molecule has 1 N–H and O–H groups in total. The van der Waals surface area contributed by atoms with Crippen LogP contribution >= 0.6 is 0 Å². The maximum Gasteiger partial charge on any atom is 0.111 e. The number of aromatic nitrogens is 6. The Hall–Kier alpha value is -4.08. The van der Waals surface area contributed by atoms with E-state index in [2.05, 4.69) is 22.2 Å². The fourth-order valence-electron chi connectivity index (χ4n) is 4.40. The molecule has 0 spiro atoms. The number of aliphatic hydroxyl groups is 1. The van der Waals surface area contributed by atoms with E-state index < -0.39 is 5.54 Å². The van der Waals surface area contributed by atoms with E-state index in [4.69, 9.17) is 10.1 Å². The molecule has 4 aromatic heterocycles. The van der Waals surface area contributed by atoms with Gasteiger partial charge < -0.3 is 5.11 Å². The summed E-state index contributed by atoms with van der Waals surface area (Å²) in [7, 11) is 1.78. The van der Waals surface area contributed by atoms with Crippen molar-refractivity contribution in [2.45, 2.75) is 31.4 Å². The third kappa shape index (κ3) is 3.11. The smallest absolute Gasteiger partial charge is 0.111 e. The van der Waals surface area contributed by atoms with Crippen LogP contribution in [0.4, 0.5) is 0 Å². The number of fused-ring (bicyclic) bond motifs is 1. The number of nitrogens with zero attached hydrogens (tertiary/aromatic N) is 8. The lowest BCUT2D eigenvalue weighted by molar-refractivity contribution is 0.0884. The number of hydrogen-bond acceptors (Lipinski definition) is 7. The van der Waals surface area contributed by atoms with Crippen molar-refractivity contribution in [3.8, 4) is 34.9 Å². The van der Waals surface area contributed by atoms with Crippen LogP contribution < -0.4 is 0 Å². The number of nitriles is 2. The van der Waals surface area contributed by atoms with E-state index in [0.29, 0.717) is 47.7 Å². The summed E-state index contributed by atoms with van der Waals surface area (Å²) in [6, 6.07) is 13.9. The predicted octanol–water partition coefficient (Wildman–Crippen LogP) is 2.93. The third-order valence-electron chi connectivity index (χ3n) is 6.16. The second kappa shape index (κ2) is 7.56. The van der Waals surface area contributed by atoms with Crippen molar-refractivity contribution in [3.05, 3.63) is 48.4 Å². The zero-order valence-corrected chi connectivity index (χ0v) is 17.5. The molecule has 0 saturated heterocycles. The van der Waals surface area contributed by atoms with Crippen molar-refractivity contribution < 1.29 is 5.11 Å². The number of hydrogen-bond donors (Lipinski definition) is 1. The van der Waals surface area contributed by atoms with Gasteiger partial charge in [-0.15, -0.1) is 0 Å². The minimum atomic E-state index is -0.448. The molecule has 0 unspecified atom stereocenters. The summed E-state index contributed by atoms with van der Waals surface area (Å²) in [4.78, 5) is 9.35. The zero-order chi connectivity index (χ0) is 22.3. The van der Waals surface area contributed by atoms with Gasteiger partial charge in [0.05, 0.1) is 53.5 Å². The van der Waals surface area contributed by atoms with E-state index in [1.165, 1.54) is 0 Å². The summed E-state index contributed by atoms with van der Waals surface area (Å²) < 4.78 is 3.45. The Balaban J connectivity index is 1.62. The first-order valence-corrected chi connectivity index (χ1v) is 10.3. The van der Waals surface area contributed by atoms with E-state index in [0.717, 1.165) is 10.9 Å². The van der Waals surface area contributed by atoms with Gasteiger partial charge in [0.1, 0.15) is 17.1 Å². The quantitative estimate of drug-likeness (QED) is 0.521. The van der Waals surface area contributed by atoms with Gasteiger partial charge in [0.15, 0.2) is 0 Å². The Labute approximate surface area is 184 Å². The average molecular weight is 424 g/mol. The van der Waals surface area contributed by atoms with Crippen molar-refractivity contribution in [3.63, 3.8) is 0 Å². The highest BCUT2D eigenvalue weighted by molar-refractivity contribution is 5.93. The molecule has 0 bridgehead atoms. The average Bonchev–Trinajstić information content (AvgIpc) is 3.42. The highest BCUT2D eigenvalue weighted by atomic mass is 16.3. The van der Waals surface area contributed by atoms with Gasteiger partial charge in [-0.25, -0.2) is 4.98 Å². The molecular formula is C23H20N8O. The molecule has 32 heavy (non-hydrogen) atoms. The largest absolute Gasteiger partial charge is 0.390 e. The van der Waals surface area contributed by atoms with Crippen LogP contribution in [-0.4, -0.2) is 34.6 Å². The van der Waals surface area contributed by atoms with Gasteiger partial charge in [0, 0.05) is 24.8 Å². The lowest BCUT2D eigenvalue weighted by Gasteiger charge is -2.43. The molecule has 4 aromatic rings. The molecule has 158 valence electrons. The first-order valence-electron chi connectivity index (χ1n) is 10.3. The lowest BCUT2D eigenvalue weighted by Crippen LogP contribution is -2.46. The van der Waals surface area contributed by atoms with Crippen LogP contribution in [-0.2, 0) is 19.2 Å². The van der Waals surface area contributed by atoms with Gasteiger partial charge in [-0.05, 0) is 43.2 Å². The third-order valence-corrected chi connectivity index (χ3v) is 6.16. The van der Waals surface area contributed by atoms with Gasteiger partial charge in [0.25, 0.3) is 0 Å². The molecule has 9 nitrogen and oxygen atoms in total. The second-order valence-corrected chi connectivity index (χ2v) is 8.17. The van der Waals surface area contributed by atoms with Gasteiger partial charge in [0.2, 0.25) is 0 Å². The van der Waals surface area contributed by atoms with Crippen LogP contribution in [0, 0.1) is 28.6 Å². The van der Waals surface area contributed by atoms with Gasteiger partial charge in [-0.2, -0.15) is 20.7 Å². The number of rotatable bonds is 5. The normalized spacial score (nSPS) is 19.9. The Morgan fingerprint density at radius 2 is 2.00 bits per heavy atom. The van der Waals surface area contributed by atoms with Crippen LogP contribution in [0.3, 0.4) is 0 Å². The van der Waals surface area contributed by atoms with Crippen molar-refractivity contribution in [2.24, 2.45) is 13.0 Å². The van der Waals surface area contributed by atoms with Crippen molar-refractivity contribution >= 4 is 10.9 Å². The Kier molecular flexibility index (Phi) is 4.69. The molecule has 1 fully saturated rings. The van der Waals surface area contributed by atoms with Crippen LogP contribution in [0.5, 0.6) is 0 Å². The van der Waals surface area contributed by atoms with E-state index in [-0.39, 0.29) is 12.5 Å². The van der Waals surface area contributed by atoms with Crippen molar-refractivity contribution in [1.29, 1.82) is 10.5 Å². The molecule has 1 aliphatic carbocycles. The molecule has 0 aromatic carbocycles. The molecule has 0 amide bonds. The molecule has 9 heteroatoms. The second-order valence-electron chi connectivity index (χ2n) is 8.17. The number of aliphatic hydroxyl groups excluding tert-OH is 1. The van der Waals surface area contributed by atoms with Gasteiger partial charge in [-0.3, -0.25) is 14.3 Å². The zero-order valence-electron chi connectivity index (χ0n) is 17.5. The molecule has 4 heterocycles. The molecule has 5 rings (SSSR count). The molecule has 0 aliphatic heterocycles. The highest BCUT2D eigenvalue weighted by Crippen LogP contribution is 2.46. The van der Waals surface area contributed by atoms with Crippen LogP contribution in [0.1, 0.15) is 25.0 Å². The van der Waals surface area contributed by atoms with E-state index >= 15 is 0 Å². The maximum atomic E-state index is 9.52. The molecule has 0 atom stereocenters. The van der Waals surface area contributed by atoms with Crippen LogP contribution in [0.15, 0.2) is 42.7 Å². The summed E-state index contributed by atoms with van der Waals surface area (Å²) in [5, 5.41) is 38.2. The summed E-state index contributed by atoms with van der Waals surface area (Å²) in [5.41, 5.74) is 3.61. The van der Waals surface area contributed by atoms with Crippen molar-refractivity contribution in [1.82, 2.24) is 29.5 Å². The monoisotopic (exact) mass is 424 g/mol. The number of aryl methyl sites for hydroxylation is 1. The van der Waals surface area contributed by atoms with Crippen LogP contribution in [0.2, 0.25) is 0 Å². The predicted molar refractivity (Wildman–Crippen MR) is 115 cm³/mol. The summed E-state index contributed by atoms with van der Waals surface area (Å²) in [6.07, 6.45) is 5.13. The molecule has 1 aliphatic rings. The van der Waals surface area contributed by atoms with Gasteiger partial charge >= 0.3 is 0 Å². The van der Waals surface area contributed by atoms with Crippen LogP contribution in [0.25, 0.3) is 33.7 Å². The summed E-state index contributed by atoms with van der Waals surface area (Å²) in [6.45, 7) is -0.114. The standard InChI is InChI=1S/C23H20N8O/c1-30-16(14-32)9-21(28-30)20-10-19-17(3-2-7-26-19)22(27-20)18-4-8-31(29-18)23(5-6-24)11-15(12-23)13-25/h2-4,7-10,15,32H,5,11-12,14H2,1H3/t15-,23+. The Morgan fingerprint density at radius 1 is 1.16 bits per heavy atom. The highest BCUT2D eigenvalue weighted by Gasteiger charge is 2.46. The fraction of sp³-hybridized carbons (Fsp3) is 0.304. The fourth-order valence-corrected chi connectivity index (χ4v) is 4.40. The topological polar surface area (TPSA) is 129 Å². The van der Waals surface area contributed by atoms with Gasteiger partial charge in [-0.1, -0.05) is 0 Å². The molecule has 0 radical (unpaired) electrons. The molecule has 1 saturated carbocycles. The van der Waals surface area contributed by atoms with Crippen molar-refractivity contribution in [2.75, 3.05) is 0 Å². The minimum Gasteiger partial charge on any atom is -0.390 e. The Morgan fingerprint density at radius 3 is 2.72 bits per heavy atom. The molecular weight excluding hydrogens is 404 g/mol. The van der Waals surface area contributed by atoms with E-state index in [1.807, 2.05) is 35.1 Å². The van der Waals surface area contributed by atoms with E-state index in [1.54, 1.807) is 24.0 Å². The summed E-state index contributed by atoms with van der Waals surface area (Å²) in [5.74, 6) is -0.0487. The first kappa shape index (κ1) is 19.9. The SMILES string of the molecule is Cn1nc(-c2cc3ncccc3c(-c3ccn([C@]4(CC#N)C[C@H](C#N)C4)n3)n2)cc1CO.